The van der Waals surface area contributed by atoms with Gasteiger partial charge in [-0.2, -0.15) is 9.40 Å². The number of H-pyrrole nitrogens is 1. The number of morpholine rings is 1. The highest BCUT2D eigenvalue weighted by atomic mass is 32.2. The molecule has 1 aliphatic heterocycles. The Labute approximate surface area is 145 Å². The minimum atomic E-state index is -3.68. The Kier molecular flexibility index (Phi) is 4.67. The highest BCUT2D eigenvalue weighted by molar-refractivity contribution is 7.89. The summed E-state index contributed by atoms with van der Waals surface area (Å²) in [4.78, 5) is 13.7. The molecule has 0 saturated carbocycles. The second kappa shape index (κ2) is 6.62. The fourth-order valence-electron chi connectivity index (χ4n) is 2.65. The van der Waals surface area contributed by atoms with Crippen LogP contribution in [0.15, 0.2) is 21.6 Å². The van der Waals surface area contributed by atoms with E-state index in [1.54, 1.807) is 21.0 Å². The van der Waals surface area contributed by atoms with E-state index in [9.17, 15) is 13.2 Å². The number of sulfonamides is 1. The number of furan rings is 1. The van der Waals surface area contributed by atoms with Crippen LogP contribution in [0, 0.1) is 6.92 Å². The number of nitrogens with zero attached hydrogens (tertiary/aromatic N) is 3. The van der Waals surface area contributed by atoms with Gasteiger partial charge in [0.1, 0.15) is 16.3 Å². The van der Waals surface area contributed by atoms with Gasteiger partial charge in [0.15, 0.2) is 5.76 Å². The summed E-state index contributed by atoms with van der Waals surface area (Å²) in [5.74, 6) is 0.266. The number of carbonyl (C=O) groups excluding carboxylic acids is 1. The lowest BCUT2D eigenvalue weighted by Crippen LogP contribution is -2.40. The molecule has 0 bridgehead atoms. The second-order valence-corrected chi connectivity index (χ2v) is 7.81. The lowest BCUT2D eigenvalue weighted by atomic mass is 10.2. The smallest absolute Gasteiger partial charge is 0.257 e. The Morgan fingerprint density at radius 3 is 2.64 bits per heavy atom. The quantitative estimate of drug-likeness (QED) is 0.851. The maximum absolute atomic E-state index is 12.8. The first-order valence-electron chi connectivity index (χ1n) is 7.76. The summed E-state index contributed by atoms with van der Waals surface area (Å²) in [5, 5.41) is 6.59. The first-order chi connectivity index (χ1) is 11.8. The average Bonchev–Trinajstić information content (AvgIpc) is 3.21. The van der Waals surface area contributed by atoms with Crippen LogP contribution < -0.4 is 0 Å². The third kappa shape index (κ3) is 3.20. The Balaban J connectivity index is 1.99. The van der Waals surface area contributed by atoms with Gasteiger partial charge in [0.25, 0.3) is 5.91 Å². The van der Waals surface area contributed by atoms with Crippen molar-refractivity contribution in [2.24, 2.45) is 0 Å². The SMILES string of the molecule is Cc1oc(-c2[nH]ncc2C(=O)N(C)C)cc1S(=O)(=O)N1CCOCC1. The Bertz CT molecular complexity index is 878. The van der Waals surface area contributed by atoms with Gasteiger partial charge in [-0.05, 0) is 6.92 Å². The molecule has 0 radical (unpaired) electrons. The van der Waals surface area contributed by atoms with Gasteiger partial charge >= 0.3 is 0 Å². The number of amides is 1. The van der Waals surface area contributed by atoms with E-state index >= 15 is 0 Å². The molecule has 10 heteroatoms. The zero-order valence-corrected chi connectivity index (χ0v) is 15.1. The van der Waals surface area contributed by atoms with Gasteiger partial charge in [0.2, 0.25) is 10.0 Å². The molecule has 2 aromatic rings. The first kappa shape index (κ1) is 17.6. The number of hydrogen-bond acceptors (Lipinski definition) is 6. The van der Waals surface area contributed by atoms with Gasteiger partial charge in [-0.1, -0.05) is 0 Å². The molecule has 1 saturated heterocycles. The number of aromatic nitrogens is 2. The van der Waals surface area contributed by atoms with Crippen LogP contribution >= 0.6 is 0 Å². The lowest BCUT2D eigenvalue weighted by Gasteiger charge is -2.25. The molecule has 0 unspecified atom stereocenters. The second-order valence-electron chi connectivity index (χ2n) is 5.91. The molecule has 1 amide bonds. The Hall–Kier alpha value is -2.17. The molecule has 0 aliphatic carbocycles. The average molecular weight is 368 g/mol. The van der Waals surface area contributed by atoms with E-state index in [4.69, 9.17) is 9.15 Å². The molecule has 0 aromatic carbocycles. The third-order valence-electron chi connectivity index (χ3n) is 3.98. The van der Waals surface area contributed by atoms with Crippen molar-refractivity contribution >= 4 is 15.9 Å². The summed E-state index contributed by atoms with van der Waals surface area (Å²) in [6, 6.07) is 1.43. The summed E-state index contributed by atoms with van der Waals surface area (Å²) in [5.41, 5.74) is 0.666. The molecular weight excluding hydrogens is 348 g/mol. The normalized spacial score (nSPS) is 16.1. The maximum Gasteiger partial charge on any atom is 0.257 e. The monoisotopic (exact) mass is 368 g/mol. The fraction of sp³-hybridized carbons (Fsp3) is 0.467. The minimum Gasteiger partial charge on any atom is -0.458 e. The van der Waals surface area contributed by atoms with Crippen molar-refractivity contribution in [1.82, 2.24) is 19.4 Å². The first-order valence-corrected chi connectivity index (χ1v) is 9.20. The number of aryl methyl sites for hydroxylation is 1. The van der Waals surface area contributed by atoms with E-state index in [0.29, 0.717) is 37.6 Å². The highest BCUT2D eigenvalue weighted by Gasteiger charge is 2.31. The number of nitrogens with one attached hydrogen (secondary N) is 1. The molecule has 1 fully saturated rings. The molecule has 0 spiro atoms. The summed E-state index contributed by atoms with van der Waals surface area (Å²) in [6.07, 6.45) is 1.39. The summed E-state index contributed by atoms with van der Waals surface area (Å²) in [7, 11) is -0.431. The van der Waals surface area contributed by atoms with E-state index < -0.39 is 10.0 Å². The van der Waals surface area contributed by atoms with Crippen LogP contribution in [0.1, 0.15) is 16.1 Å². The number of rotatable bonds is 4. The van der Waals surface area contributed by atoms with Gasteiger partial charge in [-0.15, -0.1) is 0 Å². The van der Waals surface area contributed by atoms with Crippen LogP contribution in [0.4, 0.5) is 0 Å². The van der Waals surface area contributed by atoms with Gasteiger partial charge in [-0.25, -0.2) is 8.42 Å². The largest absolute Gasteiger partial charge is 0.458 e. The van der Waals surface area contributed by atoms with Crippen molar-refractivity contribution in [3.05, 3.63) is 23.6 Å². The Morgan fingerprint density at radius 1 is 1.32 bits per heavy atom. The van der Waals surface area contributed by atoms with Crippen molar-refractivity contribution in [2.45, 2.75) is 11.8 Å². The predicted octanol–water partition coefficient (Wildman–Crippen LogP) is 0.701. The topological polar surface area (TPSA) is 109 Å². The van der Waals surface area contributed by atoms with Crippen LogP contribution in [0.5, 0.6) is 0 Å². The molecule has 0 atom stereocenters. The number of carbonyl (C=O) groups is 1. The molecular formula is C15H20N4O5S. The van der Waals surface area contributed by atoms with Crippen molar-refractivity contribution in [1.29, 1.82) is 0 Å². The number of hydrogen-bond donors (Lipinski definition) is 1. The molecule has 9 nitrogen and oxygen atoms in total. The van der Waals surface area contributed by atoms with Crippen molar-refractivity contribution < 1.29 is 22.4 Å². The summed E-state index contributed by atoms with van der Waals surface area (Å²) in [6.45, 7) is 2.92. The minimum absolute atomic E-state index is 0.0854. The van der Waals surface area contributed by atoms with Crippen molar-refractivity contribution in [3.63, 3.8) is 0 Å². The van der Waals surface area contributed by atoms with Crippen molar-refractivity contribution in [2.75, 3.05) is 40.4 Å². The van der Waals surface area contributed by atoms with Crippen molar-refractivity contribution in [3.8, 4) is 11.5 Å². The number of ether oxygens (including phenoxy) is 1. The molecule has 2 aromatic heterocycles. The van der Waals surface area contributed by atoms with Gasteiger partial charge < -0.3 is 14.1 Å². The standard InChI is InChI=1S/C15H20N4O5S/c1-10-13(25(21,22)19-4-6-23-7-5-19)8-12(24-10)14-11(9-16-17-14)15(20)18(2)3/h8-9H,4-7H2,1-3H3,(H,16,17). The zero-order chi connectivity index (χ0) is 18.2. The lowest BCUT2D eigenvalue weighted by molar-refractivity contribution is 0.0730. The van der Waals surface area contributed by atoms with Gasteiger partial charge in [0, 0.05) is 33.3 Å². The van der Waals surface area contributed by atoms with E-state index in [1.807, 2.05) is 0 Å². The van der Waals surface area contributed by atoms with Crippen LogP contribution in [0.25, 0.3) is 11.5 Å². The number of aromatic amines is 1. The predicted molar refractivity (Wildman–Crippen MR) is 88.6 cm³/mol. The van der Waals surface area contributed by atoms with Crippen LogP contribution in [-0.4, -0.2) is 74.1 Å². The molecule has 25 heavy (non-hydrogen) atoms. The van der Waals surface area contributed by atoms with Gasteiger partial charge in [0.05, 0.1) is 25.0 Å². The van der Waals surface area contributed by atoms with Crippen LogP contribution in [-0.2, 0) is 14.8 Å². The van der Waals surface area contributed by atoms with Crippen LogP contribution in [0.3, 0.4) is 0 Å². The molecule has 136 valence electrons. The fourth-order valence-corrected chi connectivity index (χ4v) is 4.22. The van der Waals surface area contributed by atoms with E-state index in [0.717, 1.165) is 0 Å². The third-order valence-corrected chi connectivity index (χ3v) is 5.99. The van der Waals surface area contributed by atoms with E-state index in [-0.39, 0.29) is 22.3 Å². The molecule has 3 heterocycles. The van der Waals surface area contributed by atoms with E-state index in [2.05, 4.69) is 10.2 Å². The maximum atomic E-state index is 12.8. The molecule has 1 aliphatic rings. The van der Waals surface area contributed by atoms with Crippen LogP contribution in [0.2, 0.25) is 0 Å². The van der Waals surface area contributed by atoms with E-state index in [1.165, 1.54) is 21.5 Å². The highest BCUT2D eigenvalue weighted by Crippen LogP contribution is 2.31. The summed E-state index contributed by atoms with van der Waals surface area (Å²) >= 11 is 0. The molecule has 1 N–H and O–H groups in total. The zero-order valence-electron chi connectivity index (χ0n) is 14.3. The Morgan fingerprint density at radius 2 is 2.00 bits per heavy atom. The molecule has 3 rings (SSSR count). The summed E-state index contributed by atoms with van der Waals surface area (Å²) < 4.78 is 37.9. The van der Waals surface area contributed by atoms with Gasteiger partial charge in [-0.3, -0.25) is 9.89 Å².